The number of rotatable bonds is 9. The summed E-state index contributed by atoms with van der Waals surface area (Å²) in [5.74, 6) is 0.701. The Morgan fingerprint density at radius 3 is 1.80 bits per heavy atom. The highest BCUT2D eigenvalue weighted by molar-refractivity contribution is 7.95. The summed E-state index contributed by atoms with van der Waals surface area (Å²) in [7, 11) is -2.08. The van der Waals surface area contributed by atoms with Crippen molar-refractivity contribution in [2.75, 3.05) is 17.8 Å². The number of hydrogen-bond acceptors (Lipinski definition) is 4. The van der Waals surface area contributed by atoms with E-state index < -0.39 is 7.26 Å². The lowest BCUT2D eigenvalue weighted by atomic mass is 10.1. The summed E-state index contributed by atoms with van der Waals surface area (Å²) in [5, 5.41) is 3.80. The molecule has 0 radical (unpaired) electrons. The van der Waals surface area contributed by atoms with Crippen LogP contribution in [0.5, 0.6) is 5.75 Å². The molecule has 4 nitrogen and oxygen atoms in total. The molecule has 0 fully saturated rings. The Balaban J connectivity index is 1.19. The number of anilines is 1. The predicted molar refractivity (Wildman–Crippen MR) is 169 cm³/mol. The molecule has 5 aromatic carbocycles. The van der Waals surface area contributed by atoms with Crippen LogP contribution in [0.25, 0.3) is 0 Å². The van der Waals surface area contributed by atoms with Crippen molar-refractivity contribution in [3.63, 3.8) is 0 Å². The van der Waals surface area contributed by atoms with Crippen LogP contribution < -0.4 is 25.6 Å². The smallest absolute Gasteiger partial charge is 0.309 e. The summed E-state index contributed by atoms with van der Waals surface area (Å²) in [6, 6.07) is 48.2. The fourth-order valence-corrected chi connectivity index (χ4v) is 9.80. The van der Waals surface area contributed by atoms with Gasteiger partial charge in [-0.3, -0.25) is 4.79 Å². The topological polar surface area (TPSA) is 38.8 Å². The van der Waals surface area contributed by atoms with Gasteiger partial charge in [-0.2, -0.15) is 0 Å². The first-order valence-corrected chi connectivity index (χ1v) is 15.9. The van der Waals surface area contributed by atoms with E-state index >= 15 is 0 Å². The quantitative estimate of drug-likeness (QED) is 0.154. The average molecular weight is 559 g/mol. The number of carbonyl (C=O) groups is 1. The van der Waals surface area contributed by atoms with Crippen molar-refractivity contribution in [1.29, 1.82) is 0 Å². The second-order valence-corrected chi connectivity index (χ2v) is 13.8. The minimum atomic E-state index is -2.08. The third-order valence-electron chi connectivity index (χ3n) is 7.63. The summed E-state index contributed by atoms with van der Waals surface area (Å²) < 4.78 is 11.9. The minimum absolute atomic E-state index is 0.183. The second kappa shape index (κ2) is 12.4. The number of fused-ring (bicyclic) bond motifs is 1. The maximum atomic E-state index is 13.2. The summed E-state index contributed by atoms with van der Waals surface area (Å²) in [6.07, 6.45) is 1.04. The molecule has 5 aromatic rings. The Bertz CT molecular complexity index is 1480. The molecule has 0 saturated heterocycles. The minimum Gasteiger partial charge on any atom is -0.473 e. The predicted octanol–water partition coefficient (Wildman–Crippen LogP) is 6.47. The lowest BCUT2D eigenvalue weighted by Crippen LogP contribution is -2.34. The highest BCUT2D eigenvalue weighted by atomic mass is 31.2. The molecule has 0 N–H and O–H groups in total. The van der Waals surface area contributed by atoms with E-state index in [0.29, 0.717) is 19.3 Å². The summed E-state index contributed by atoms with van der Waals surface area (Å²) in [4.78, 5) is 15.4. The third-order valence-corrected chi connectivity index (χ3v) is 12.1. The Labute approximate surface area is 242 Å². The van der Waals surface area contributed by atoms with Gasteiger partial charge in [0.2, 0.25) is 0 Å². The SMILES string of the molecule is O=C(CC[P+](c1ccccc1)(c1ccccc1)c1ccccc1)OCc1ccc2c(c1)CN(c1ccccc1)CO2. The molecule has 0 atom stereocenters. The third kappa shape index (κ3) is 5.89. The molecule has 0 bridgehead atoms. The zero-order chi connectivity index (χ0) is 27.9. The highest BCUT2D eigenvalue weighted by Gasteiger charge is 2.45. The summed E-state index contributed by atoms with van der Waals surface area (Å²) in [6.45, 7) is 1.50. The van der Waals surface area contributed by atoms with Gasteiger partial charge in [-0.1, -0.05) is 78.9 Å². The summed E-state index contributed by atoms with van der Waals surface area (Å²) in [5.41, 5.74) is 3.18. The Morgan fingerprint density at radius 1 is 0.707 bits per heavy atom. The van der Waals surface area contributed by atoms with E-state index in [2.05, 4.69) is 95.9 Å². The van der Waals surface area contributed by atoms with E-state index in [9.17, 15) is 4.79 Å². The molecule has 5 heteroatoms. The van der Waals surface area contributed by atoms with E-state index in [1.807, 2.05) is 48.5 Å². The standard InChI is InChI=1S/C36H33NO3P/c38-36(39-27-29-21-22-35-30(25-29)26-37(28-40-35)31-13-5-1-6-14-31)23-24-41(32-15-7-2-8-16-32,33-17-9-3-10-18-33)34-19-11-4-12-20-34/h1-22,25H,23-24,26-28H2/q+1. The molecule has 0 unspecified atom stereocenters. The maximum Gasteiger partial charge on any atom is 0.309 e. The van der Waals surface area contributed by atoms with Gasteiger partial charge < -0.3 is 14.4 Å². The van der Waals surface area contributed by atoms with Gasteiger partial charge in [0, 0.05) is 17.8 Å². The Morgan fingerprint density at radius 2 is 1.24 bits per heavy atom. The molecule has 0 aliphatic carbocycles. The van der Waals surface area contributed by atoms with Crippen molar-refractivity contribution in [1.82, 2.24) is 0 Å². The van der Waals surface area contributed by atoms with Crippen LogP contribution in [0, 0.1) is 0 Å². The van der Waals surface area contributed by atoms with Crippen molar-refractivity contribution in [2.24, 2.45) is 0 Å². The first kappa shape index (κ1) is 26.8. The molecule has 6 rings (SSSR count). The molecule has 41 heavy (non-hydrogen) atoms. The molecule has 0 aromatic heterocycles. The van der Waals surface area contributed by atoms with Crippen molar-refractivity contribution in [3.8, 4) is 5.75 Å². The van der Waals surface area contributed by atoms with Crippen LogP contribution in [0.4, 0.5) is 5.69 Å². The number of ether oxygens (including phenoxy) is 2. The molecule has 0 saturated carbocycles. The fourth-order valence-electron chi connectivity index (χ4n) is 5.57. The van der Waals surface area contributed by atoms with Gasteiger partial charge in [-0.15, -0.1) is 0 Å². The van der Waals surface area contributed by atoms with E-state index in [1.165, 1.54) is 15.9 Å². The first-order chi connectivity index (χ1) is 20.2. The number of para-hydroxylation sites is 1. The number of nitrogens with zero attached hydrogens (tertiary/aromatic N) is 1. The van der Waals surface area contributed by atoms with Crippen LogP contribution in [0.1, 0.15) is 17.5 Å². The molecule has 204 valence electrons. The van der Waals surface area contributed by atoms with Crippen molar-refractivity contribution in [2.45, 2.75) is 19.6 Å². The van der Waals surface area contributed by atoms with E-state index in [-0.39, 0.29) is 12.6 Å². The molecular weight excluding hydrogens is 525 g/mol. The van der Waals surface area contributed by atoms with Crippen molar-refractivity contribution < 1.29 is 14.3 Å². The lowest BCUT2D eigenvalue weighted by molar-refractivity contribution is -0.144. The number of esters is 1. The zero-order valence-corrected chi connectivity index (χ0v) is 23.8. The van der Waals surface area contributed by atoms with Gasteiger partial charge in [-0.05, 0) is 66.2 Å². The van der Waals surface area contributed by atoms with E-state index in [0.717, 1.165) is 29.1 Å². The maximum absolute atomic E-state index is 13.2. The normalized spacial score (nSPS) is 12.7. The van der Waals surface area contributed by atoms with Gasteiger partial charge in [0.15, 0.2) is 6.73 Å². The summed E-state index contributed by atoms with van der Waals surface area (Å²) >= 11 is 0. The van der Waals surface area contributed by atoms with Gasteiger partial charge >= 0.3 is 5.97 Å². The second-order valence-electron chi connectivity index (χ2n) is 10.2. The van der Waals surface area contributed by atoms with E-state index in [4.69, 9.17) is 9.47 Å². The molecule has 1 aliphatic rings. The molecule has 1 aliphatic heterocycles. The van der Waals surface area contributed by atoms with Gasteiger partial charge in [-0.25, -0.2) is 0 Å². The molecule has 1 heterocycles. The largest absolute Gasteiger partial charge is 0.473 e. The first-order valence-electron chi connectivity index (χ1n) is 14.0. The van der Waals surface area contributed by atoms with Crippen molar-refractivity contribution >= 4 is 34.8 Å². The highest BCUT2D eigenvalue weighted by Crippen LogP contribution is 2.55. The molecule has 0 amide bonds. The van der Waals surface area contributed by atoms with Gasteiger partial charge in [0.1, 0.15) is 35.5 Å². The molecule has 0 spiro atoms. The van der Waals surface area contributed by atoms with Crippen molar-refractivity contribution in [3.05, 3.63) is 151 Å². The Kier molecular flexibility index (Phi) is 8.11. The lowest BCUT2D eigenvalue weighted by Gasteiger charge is -2.31. The van der Waals surface area contributed by atoms with Gasteiger partial charge in [0.25, 0.3) is 0 Å². The van der Waals surface area contributed by atoms with Gasteiger partial charge in [0.05, 0.1) is 12.6 Å². The van der Waals surface area contributed by atoms with Crippen LogP contribution in [0.2, 0.25) is 0 Å². The average Bonchev–Trinajstić information content (AvgIpc) is 3.05. The van der Waals surface area contributed by atoms with Crippen LogP contribution in [-0.4, -0.2) is 18.9 Å². The number of hydrogen-bond donors (Lipinski definition) is 0. The number of benzene rings is 5. The van der Waals surface area contributed by atoms with Crippen LogP contribution in [0.3, 0.4) is 0 Å². The fraction of sp³-hybridized carbons (Fsp3) is 0.139. The monoisotopic (exact) mass is 558 g/mol. The Hall–Kier alpha value is -4.40. The van der Waals surface area contributed by atoms with E-state index in [1.54, 1.807) is 0 Å². The zero-order valence-electron chi connectivity index (χ0n) is 22.9. The van der Waals surface area contributed by atoms with Crippen LogP contribution in [0.15, 0.2) is 140 Å². The van der Waals surface area contributed by atoms with Crippen LogP contribution in [-0.2, 0) is 22.7 Å². The number of carbonyl (C=O) groups excluding carboxylic acids is 1. The molecular formula is C36H33NO3P+. The van der Waals surface area contributed by atoms with Crippen LogP contribution >= 0.6 is 7.26 Å².